The average Bonchev–Trinajstić information content (AvgIpc) is 2.47. The molecule has 19 heavy (non-hydrogen) atoms. The van der Waals surface area contributed by atoms with E-state index in [-0.39, 0.29) is 0 Å². The summed E-state index contributed by atoms with van der Waals surface area (Å²) in [5.74, 6) is 2.54. The van der Waals surface area contributed by atoms with Crippen LogP contribution in [0.4, 0.5) is 0 Å². The highest BCUT2D eigenvalue weighted by Crippen LogP contribution is 2.35. The van der Waals surface area contributed by atoms with Crippen LogP contribution in [0.3, 0.4) is 0 Å². The molecule has 1 aliphatic heterocycles. The summed E-state index contributed by atoms with van der Waals surface area (Å²) in [4.78, 5) is 0. The molecule has 3 heteroatoms. The number of ether oxygens (including phenoxy) is 2. The molecular formula is C16H25NO2. The molecule has 2 rings (SSSR count). The van der Waals surface area contributed by atoms with E-state index in [0.717, 1.165) is 43.3 Å². The van der Waals surface area contributed by atoms with Gasteiger partial charge in [0.2, 0.25) is 0 Å². The van der Waals surface area contributed by atoms with Crippen LogP contribution in [-0.4, -0.2) is 27.3 Å². The molecule has 0 amide bonds. The molecule has 1 N–H and O–H groups in total. The Balaban J connectivity index is 2.25. The fraction of sp³-hybridized carbons (Fsp3) is 0.625. The molecule has 1 heterocycles. The van der Waals surface area contributed by atoms with Gasteiger partial charge in [0.05, 0.1) is 14.2 Å². The van der Waals surface area contributed by atoms with Gasteiger partial charge in [-0.1, -0.05) is 13.0 Å². The highest BCUT2D eigenvalue weighted by atomic mass is 16.5. The molecule has 0 radical (unpaired) electrons. The molecule has 106 valence electrons. The van der Waals surface area contributed by atoms with Crippen LogP contribution >= 0.6 is 0 Å². The third-order valence-electron chi connectivity index (χ3n) is 3.99. The number of hydrogen-bond donors (Lipinski definition) is 1. The van der Waals surface area contributed by atoms with E-state index in [9.17, 15) is 0 Å². The van der Waals surface area contributed by atoms with E-state index in [0.29, 0.717) is 0 Å². The Morgan fingerprint density at radius 3 is 2.47 bits per heavy atom. The second-order valence-electron chi connectivity index (χ2n) is 5.24. The minimum Gasteiger partial charge on any atom is -0.493 e. The smallest absolute Gasteiger partial charge is 0.163 e. The largest absolute Gasteiger partial charge is 0.493 e. The maximum Gasteiger partial charge on any atom is 0.163 e. The molecule has 0 aromatic heterocycles. The summed E-state index contributed by atoms with van der Waals surface area (Å²) in [6.07, 6.45) is 4.62. The molecule has 1 aromatic carbocycles. The second-order valence-corrected chi connectivity index (χ2v) is 5.24. The fourth-order valence-electron chi connectivity index (χ4n) is 2.86. The van der Waals surface area contributed by atoms with E-state index in [4.69, 9.17) is 9.47 Å². The molecule has 0 bridgehead atoms. The third kappa shape index (κ3) is 3.41. The normalized spacial score (nSPS) is 16.4. The Bertz CT molecular complexity index is 411. The molecule has 0 atom stereocenters. The summed E-state index contributed by atoms with van der Waals surface area (Å²) in [7, 11) is 3.45. The summed E-state index contributed by atoms with van der Waals surface area (Å²) in [6, 6.07) is 4.37. The van der Waals surface area contributed by atoms with Crippen LogP contribution in [0, 0.1) is 5.92 Å². The molecule has 1 fully saturated rings. The number of benzene rings is 1. The van der Waals surface area contributed by atoms with Crippen LogP contribution in [0.2, 0.25) is 0 Å². The summed E-state index contributed by atoms with van der Waals surface area (Å²) >= 11 is 0. The average molecular weight is 263 g/mol. The summed E-state index contributed by atoms with van der Waals surface area (Å²) in [5, 5.41) is 3.42. The monoisotopic (exact) mass is 263 g/mol. The fourth-order valence-corrected chi connectivity index (χ4v) is 2.86. The Morgan fingerprint density at radius 1 is 1.16 bits per heavy atom. The van der Waals surface area contributed by atoms with Crippen LogP contribution in [0.15, 0.2) is 12.1 Å². The lowest BCUT2D eigenvalue weighted by Gasteiger charge is -2.24. The first kappa shape index (κ1) is 14.2. The summed E-state index contributed by atoms with van der Waals surface area (Å²) < 4.78 is 11.0. The van der Waals surface area contributed by atoms with Crippen LogP contribution in [-0.2, 0) is 12.8 Å². The molecular weight excluding hydrogens is 238 g/mol. The van der Waals surface area contributed by atoms with E-state index in [2.05, 4.69) is 24.4 Å². The van der Waals surface area contributed by atoms with E-state index in [1.807, 2.05) is 0 Å². The van der Waals surface area contributed by atoms with E-state index >= 15 is 0 Å². The van der Waals surface area contributed by atoms with Crippen molar-refractivity contribution in [2.45, 2.75) is 32.6 Å². The molecule has 0 unspecified atom stereocenters. The predicted octanol–water partition coefficient (Wildman–Crippen LogP) is 2.81. The quantitative estimate of drug-likeness (QED) is 0.886. The van der Waals surface area contributed by atoms with Crippen molar-refractivity contribution in [2.24, 2.45) is 5.92 Å². The number of methoxy groups -OCH3 is 2. The van der Waals surface area contributed by atoms with Gasteiger partial charge in [-0.2, -0.15) is 0 Å². The van der Waals surface area contributed by atoms with Gasteiger partial charge in [-0.25, -0.2) is 0 Å². The number of piperidine rings is 1. The van der Waals surface area contributed by atoms with Crippen molar-refractivity contribution >= 4 is 0 Å². The highest BCUT2D eigenvalue weighted by molar-refractivity contribution is 5.49. The van der Waals surface area contributed by atoms with E-state index < -0.39 is 0 Å². The predicted molar refractivity (Wildman–Crippen MR) is 78.2 cm³/mol. The zero-order valence-corrected chi connectivity index (χ0v) is 12.3. The van der Waals surface area contributed by atoms with Crippen molar-refractivity contribution in [1.29, 1.82) is 0 Å². The zero-order valence-electron chi connectivity index (χ0n) is 12.3. The first-order valence-electron chi connectivity index (χ1n) is 7.23. The van der Waals surface area contributed by atoms with Gasteiger partial charge in [0, 0.05) is 0 Å². The van der Waals surface area contributed by atoms with Gasteiger partial charge in [0.25, 0.3) is 0 Å². The highest BCUT2D eigenvalue weighted by Gasteiger charge is 2.18. The SMILES string of the molecule is CCc1cc(CC2CCNCC2)c(OC)c(OC)c1. The maximum atomic E-state index is 5.57. The van der Waals surface area contributed by atoms with Gasteiger partial charge in [-0.3, -0.25) is 0 Å². The van der Waals surface area contributed by atoms with Crippen molar-refractivity contribution in [1.82, 2.24) is 5.32 Å². The molecule has 0 aliphatic carbocycles. The lowest BCUT2D eigenvalue weighted by atomic mass is 9.89. The van der Waals surface area contributed by atoms with Gasteiger partial charge < -0.3 is 14.8 Å². The Morgan fingerprint density at radius 2 is 1.89 bits per heavy atom. The first-order chi connectivity index (χ1) is 9.28. The summed E-state index contributed by atoms with van der Waals surface area (Å²) in [6.45, 7) is 4.45. The second kappa shape index (κ2) is 6.80. The maximum absolute atomic E-state index is 5.57. The van der Waals surface area contributed by atoms with Crippen LogP contribution < -0.4 is 14.8 Å². The molecule has 0 spiro atoms. The van der Waals surface area contributed by atoms with Gasteiger partial charge in [-0.05, 0) is 61.9 Å². The van der Waals surface area contributed by atoms with Crippen molar-refractivity contribution in [3.8, 4) is 11.5 Å². The third-order valence-corrected chi connectivity index (χ3v) is 3.99. The number of hydrogen-bond acceptors (Lipinski definition) is 3. The van der Waals surface area contributed by atoms with Crippen molar-refractivity contribution in [2.75, 3.05) is 27.3 Å². The topological polar surface area (TPSA) is 30.5 Å². The minimum atomic E-state index is 0.756. The van der Waals surface area contributed by atoms with Gasteiger partial charge in [-0.15, -0.1) is 0 Å². The van der Waals surface area contributed by atoms with Gasteiger partial charge in [0.15, 0.2) is 11.5 Å². The van der Waals surface area contributed by atoms with Crippen molar-refractivity contribution < 1.29 is 9.47 Å². The molecule has 3 nitrogen and oxygen atoms in total. The molecule has 1 aromatic rings. The minimum absolute atomic E-state index is 0.756. The van der Waals surface area contributed by atoms with Crippen LogP contribution in [0.1, 0.15) is 30.9 Å². The van der Waals surface area contributed by atoms with E-state index in [1.54, 1.807) is 14.2 Å². The molecule has 0 saturated carbocycles. The van der Waals surface area contributed by atoms with Crippen LogP contribution in [0.5, 0.6) is 11.5 Å². The zero-order chi connectivity index (χ0) is 13.7. The van der Waals surface area contributed by atoms with Crippen molar-refractivity contribution in [3.05, 3.63) is 23.3 Å². The summed E-state index contributed by atoms with van der Waals surface area (Å²) in [5.41, 5.74) is 2.62. The Hall–Kier alpha value is -1.22. The lowest BCUT2D eigenvalue weighted by molar-refractivity contribution is 0.339. The van der Waals surface area contributed by atoms with Gasteiger partial charge >= 0.3 is 0 Å². The van der Waals surface area contributed by atoms with Crippen molar-refractivity contribution in [3.63, 3.8) is 0 Å². The van der Waals surface area contributed by atoms with E-state index in [1.165, 1.54) is 24.0 Å². The standard InChI is InChI=1S/C16H25NO2/c1-4-12-9-14(10-13-5-7-17-8-6-13)16(19-3)15(11-12)18-2/h9,11,13,17H,4-8,10H2,1-3H3. The van der Waals surface area contributed by atoms with Gasteiger partial charge in [0.1, 0.15) is 0 Å². The number of nitrogens with one attached hydrogen (secondary N) is 1. The first-order valence-corrected chi connectivity index (χ1v) is 7.23. The van der Waals surface area contributed by atoms with Crippen LogP contribution in [0.25, 0.3) is 0 Å². The molecule has 1 saturated heterocycles. The Kier molecular flexibility index (Phi) is 5.08. The number of aryl methyl sites for hydroxylation is 1. The lowest BCUT2D eigenvalue weighted by Crippen LogP contribution is -2.28. The Labute approximate surface area is 116 Å². The molecule has 1 aliphatic rings. The number of rotatable bonds is 5.